The predicted molar refractivity (Wildman–Crippen MR) is 164 cm³/mol. The van der Waals surface area contributed by atoms with Gasteiger partial charge in [-0.2, -0.15) is 0 Å². The average Bonchev–Trinajstić information content (AvgIpc) is 3.15. The number of benzene rings is 4. The largest absolute Gasteiger partial charge is 0.497 e. The lowest BCUT2D eigenvalue weighted by molar-refractivity contribution is -0.116. The van der Waals surface area contributed by atoms with E-state index in [1.165, 1.54) is 0 Å². The molecule has 5 nitrogen and oxygen atoms in total. The van der Waals surface area contributed by atoms with Crippen LogP contribution in [0.4, 0.5) is 11.4 Å². The van der Waals surface area contributed by atoms with Gasteiger partial charge >= 0.3 is 0 Å². The molecule has 1 N–H and O–H groups in total. The topological polar surface area (TPSA) is 58.6 Å². The van der Waals surface area contributed by atoms with E-state index in [4.69, 9.17) is 16.3 Å². The maximum Gasteiger partial charge on any atom is 0.251 e. The van der Waals surface area contributed by atoms with E-state index in [-0.39, 0.29) is 17.6 Å². The second-order valence-electron chi connectivity index (χ2n) is 10.2. The minimum Gasteiger partial charge on any atom is -0.497 e. The van der Waals surface area contributed by atoms with Crippen molar-refractivity contribution in [1.29, 1.82) is 0 Å². The fourth-order valence-electron chi connectivity index (χ4n) is 5.76. The maximum atomic E-state index is 14.2. The first-order valence-corrected chi connectivity index (χ1v) is 14.0. The number of ketones is 1. The fraction of sp³-hybridized carbons (Fsp3) is 0.143. The van der Waals surface area contributed by atoms with E-state index >= 15 is 0 Å². The number of nitrogens with zero attached hydrogens (tertiary/aromatic N) is 1. The molecule has 4 aromatic rings. The number of hydrogen-bond donors (Lipinski definition) is 1. The van der Waals surface area contributed by atoms with Crippen LogP contribution in [0.15, 0.2) is 120 Å². The van der Waals surface area contributed by atoms with Gasteiger partial charge in [-0.25, -0.2) is 0 Å². The van der Waals surface area contributed by atoms with Crippen molar-refractivity contribution in [2.24, 2.45) is 0 Å². The zero-order chi connectivity index (χ0) is 28.3. The molecular formula is C35H29ClN2O3. The summed E-state index contributed by atoms with van der Waals surface area (Å²) in [7, 11) is 1.61. The summed E-state index contributed by atoms with van der Waals surface area (Å²) in [6, 6.07) is 32.1. The Hall–Kier alpha value is -4.61. The van der Waals surface area contributed by atoms with E-state index in [2.05, 4.69) is 17.4 Å². The lowest BCUT2D eigenvalue weighted by Gasteiger charge is -2.34. The third kappa shape index (κ3) is 5.41. The number of carbonyl (C=O) groups is 2. The number of anilines is 2. The minimum atomic E-state index is -0.674. The molecule has 0 bridgehead atoms. The van der Waals surface area contributed by atoms with Gasteiger partial charge in [0.15, 0.2) is 5.78 Å². The van der Waals surface area contributed by atoms with Gasteiger partial charge in [0.1, 0.15) is 5.75 Å². The molecule has 1 aliphatic heterocycles. The summed E-state index contributed by atoms with van der Waals surface area (Å²) < 4.78 is 5.55. The highest BCUT2D eigenvalue weighted by Crippen LogP contribution is 2.48. The first kappa shape index (κ1) is 26.6. The van der Waals surface area contributed by atoms with E-state index in [0.29, 0.717) is 40.6 Å². The van der Waals surface area contributed by atoms with Gasteiger partial charge in [-0.1, -0.05) is 84.4 Å². The number of ether oxygens (including phenoxy) is 1. The molecule has 4 aromatic carbocycles. The monoisotopic (exact) mass is 560 g/mol. The number of hydrogen-bond acceptors (Lipinski definition) is 4. The molecule has 1 amide bonds. The number of carbonyl (C=O) groups excluding carboxylic acids is 2. The number of methoxy groups -OCH3 is 1. The lowest BCUT2D eigenvalue weighted by atomic mass is 9.78. The molecule has 6 heteroatoms. The second-order valence-corrected chi connectivity index (χ2v) is 10.7. The molecule has 2 aliphatic rings. The smallest absolute Gasteiger partial charge is 0.251 e. The van der Waals surface area contributed by atoms with Crippen molar-refractivity contribution in [2.45, 2.75) is 24.8 Å². The van der Waals surface area contributed by atoms with Crippen LogP contribution >= 0.6 is 11.6 Å². The molecule has 6 rings (SSSR count). The molecule has 0 fully saturated rings. The number of allylic oxidation sites excluding steroid dienone is 1. The molecule has 0 radical (unpaired) electrons. The minimum absolute atomic E-state index is 0.00386. The summed E-state index contributed by atoms with van der Waals surface area (Å²) in [5, 5.41) is 4.08. The molecule has 1 heterocycles. The van der Waals surface area contributed by atoms with Gasteiger partial charge in [-0.05, 0) is 65.4 Å². The molecule has 2 atom stereocenters. The molecular weight excluding hydrogens is 532 g/mol. The Balaban J connectivity index is 1.54. The summed E-state index contributed by atoms with van der Waals surface area (Å²) in [5.74, 6) is 0.419. The van der Waals surface area contributed by atoms with Crippen molar-refractivity contribution in [3.63, 3.8) is 0 Å². The van der Waals surface area contributed by atoms with E-state index in [1.54, 1.807) is 30.2 Å². The molecule has 0 saturated carbocycles. The van der Waals surface area contributed by atoms with Crippen molar-refractivity contribution < 1.29 is 14.3 Å². The van der Waals surface area contributed by atoms with E-state index in [0.717, 1.165) is 22.4 Å². The Bertz CT molecular complexity index is 1660. The summed E-state index contributed by atoms with van der Waals surface area (Å²) >= 11 is 6.46. The summed E-state index contributed by atoms with van der Waals surface area (Å²) in [4.78, 5) is 30.1. The van der Waals surface area contributed by atoms with Crippen LogP contribution in [0.3, 0.4) is 0 Å². The Labute approximate surface area is 244 Å². The van der Waals surface area contributed by atoms with Crippen LogP contribution in [0.5, 0.6) is 5.75 Å². The van der Waals surface area contributed by atoms with Gasteiger partial charge in [0.05, 0.1) is 24.5 Å². The van der Waals surface area contributed by atoms with E-state index in [1.807, 2.05) is 84.9 Å². The Morgan fingerprint density at radius 2 is 1.63 bits per heavy atom. The van der Waals surface area contributed by atoms with Gasteiger partial charge in [-0.3, -0.25) is 14.5 Å². The maximum absolute atomic E-state index is 14.2. The quantitative estimate of drug-likeness (QED) is 0.251. The SMILES string of the molecule is COc1cccc([C@H]2C3=C(C[C@H](c4ccccc4)CC3=O)Nc3cc(Cl)ccc3N2C(=O)/C=C/c2ccccc2)c1. The van der Waals surface area contributed by atoms with Gasteiger partial charge in [-0.15, -0.1) is 0 Å². The predicted octanol–water partition coefficient (Wildman–Crippen LogP) is 7.96. The summed E-state index contributed by atoms with van der Waals surface area (Å²) in [6.07, 6.45) is 4.33. The van der Waals surface area contributed by atoms with Crippen LogP contribution in [0.1, 0.15) is 41.5 Å². The molecule has 0 aromatic heterocycles. The number of fused-ring (bicyclic) bond motifs is 1. The lowest BCUT2D eigenvalue weighted by Crippen LogP contribution is -2.37. The molecule has 204 valence electrons. The van der Waals surface area contributed by atoms with Crippen LogP contribution in [0.25, 0.3) is 6.08 Å². The number of amides is 1. The third-order valence-corrected chi connectivity index (χ3v) is 7.91. The molecule has 0 spiro atoms. The van der Waals surface area contributed by atoms with Gasteiger partial charge in [0.25, 0.3) is 5.91 Å². The third-order valence-electron chi connectivity index (χ3n) is 7.68. The van der Waals surface area contributed by atoms with Crippen LogP contribution in [0, 0.1) is 0 Å². The number of nitrogens with one attached hydrogen (secondary N) is 1. The van der Waals surface area contributed by atoms with E-state index in [9.17, 15) is 9.59 Å². The first-order chi connectivity index (χ1) is 20.0. The standard InChI is InChI=1S/C35H29ClN2O3/c1-41-28-14-8-13-25(19-28)35-34-30(20-26(21-32(34)39)24-11-6-3-7-12-24)37-29-22-27(36)16-17-31(29)38(35)33(40)18-15-23-9-4-2-5-10-23/h2-19,22,26,35,37H,20-21H2,1H3/b18-15+/t26-,35-/m0/s1. The van der Waals surface area contributed by atoms with Crippen molar-refractivity contribution in [2.75, 3.05) is 17.3 Å². The Kier molecular flexibility index (Phi) is 7.45. The number of halogens is 1. The molecule has 0 unspecified atom stereocenters. The number of rotatable bonds is 5. The van der Waals surface area contributed by atoms with Crippen molar-refractivity contribution in [3.8, 4) is 5.75 Å². The van der Waals surface area contributed by atoms with Crippen molar-refractivity contribution in [1.82, 2.24) is 0 Å². The zero-order valence-corrected chi connectivity index (χ0v) is 23.3. The van der Waals surface area contributed by atoms with Crippen LogP contribution in [0.2, 0.25) is 5.02 Å². The Morgan fingerprint density at radius 3 is 2.39 bits per heavy atom. The van der Waals surface area contributed by atoms with Crippen LogP contribution < -0.4 is 15.0 Å². The highest BCUT2D eigenvalue weighted by molar-refractivity contribution is 6.31. The summed E-state index contributed by atoms with van der Waals surface area (Å²) in [5.41, 5.74) is 5.51. The summed E-state index contributed by atoms with van der Waals surface area (Å²) in [6.45, 7) is 0. The average molecular weight is 561 g/mol. The van der Waals surface area contributed by atoms with E-state index < -0.39 is 6.04 Å². The highest BCUT2D eigenvalue weighted by Gasteiger charge is 2.41. The Morgan fingerprint density at radius 1 is 0.902 bits per heavy atom. The second kappa shape index (κ2) is 11.5. The fourth-order valence-corrected chi connectivity index (χ4v) is 5.93. The molecule has 41 heavy (non-hydrogen) atoms. The van der Waals surface area contributed by atoms with Crippen molar-refractivity contribution in [3.05, 3.63) is 142 Å². The number of Topliss-reactive ketones (excluding diaryl/α,β-unsaturated/α-hetero) is 1. The highest BCUT2D eigenvalue weighted by atomic mass is 35.5. The van der Waals surface area contributed by atoms with Crippen LogP contribution in [-0.2, 0) is 9.59 Å². The zero-order valence-electron chi connectivity index (χ0n) is 22.6. The van der Waals surface area contributed by atoms with Crippen molar-refractivity contribution >= 4 is 40.7 Å². The normalized spacial score (nSPS) is 18.4. The van der Waals surface area contributed by atoms with Gasteiger partial charge in [0, 0.05) is 28.8 Å². The first-order valence-electron chi connectivity index (χ1n) is 13.6. The van der Waals surface area contributed by atoms with Gasteiger partial charge < -0.3 is 10.1 Å². The van der Waals surface area contributed by atoms with Crippen LogP contribution in [-0.4, -0.2) is 18.8 Å². The molecule has 1 aliphatic carbocycles. The van der Waals surface area contributed by atoms with Gasteiger partial charge in [0.2, 0.25) is 0 Å². The molecule has 0 saturated heterocycles.